The third kappa shape index (κ3) is 3.63. The number of halogens is 3. The third-order valence-corrected chi connectivity index (χ3v) is 5.36. The smallest absolute Gasteiger partial charge is 0.358 e. The molecule has 0 fully saturated rings. The van der Waals surface area contributed by atoms with Gasteiger partial charge in [0.2, 0.25) is 0 Å². The molecule has 3 aromatic rings. The Labute approximate surface area is 174 Å². The maximum atomic E-state index is 13.6. The minimum atomic E-state index is -4.42. The molecule has 5 heteroatoms. The van der Waals surface area contributed by atoms with Crippen LogP contribution in [-0.4, -0.2) is 17.7 Å². The van der Waals surface area contributed by atoms with Gasteiger partial charge in [0.05, 0.1) is 5.56 Å². The Hall–Kier alpha value is -3.34. The minimum absolute atomic E-state index is 0.557. The molecule has 0 amide bonds. The molecule has 0 saturated heterocycles. The quantitative estimate of drug-likeness (QED) is 0.468. The zero-order chi connectivity index (χ0) is 21.0. The van der Waals surface area contributed by atoms with Crippen molar-refractivity contribution in [3.8, 4) is 0 Å². The second-order valence-electron chi connectivity index (χ2n) is 7.13. The van der Waals surface area contributed by atoms with Crippen molar-refractivity contribution in [1.29, 1.82) is 0 Å². The molecule has 0 aromatic heterocycles. The van der Waals surface area contributed by atoms with Gasteiger partial charge in [-0.3, -0.25) is 4.99 Å². The first kappa shape index (κ1) is 20.0. The van der Waals surface area contributed by atoms with Crippen LogP contribution >= 0.6 is 0 Å². The summed E-state index contributed by atoms with van der Waals surface area (Å²) in [6.45, 7) is 0.611. The van der Waals surface area contributed by atoms with Gasteiger partial charge in [0.25, 0.3) is 0 Å². The summed E-state index contributed by atoms with van der Waals surface area (Å²) in [4.78, 5) is 6.33. The normalized spacial score (nSPS) is 14.6. The van der Waals surface area contributed by atoms with Crippen molar-refractivity contribution in [3.05, 3.63) is 120 Å². The van der Waals surface area contributed by atoms with Gasteiger partial charge >= 0.3 is 6.18 Å². The molecular formula is C25H21F3N2. The van der Waals surface area contributed by atoms with Gasteiger partial charge in [-0.05, 0) is 28.8 Å². The number of nitrogens with zero attached hydrogens (tertiary/aromatic N) is 2. The van der Waals surface area contributed by atoms with E-state index in [4.69, 9.17) is 0 Å². The number of rotatable bonds is 4. The van der Waals surface area contributed by atoms with E-state index in [-0.39, 0.29) is 0 Å². The van der Waals surface area contributed by atoms with Gasteiger partial charge in [0, 0.05) is 31.6 Å². The Bertz CT molecular complexity index is 1000. The summed E-state index contributed by atoms with van der Waals surface area (Å²) in [5.41, 5.74) is 0.741. The van der Waals surface area contributed by atoms with Crippen LogP contribution in [0.25, 0.3) is 0 Å². The maximum Gasteiger partial charge on any atom is 0.416 e. The molecule has 2 nitrogen and oxygen atoms in total. The first-order valence-corrected chi connectivity index (χ1v) is 9.77. The number of aliphatic imine (C=N–C) groups is 1. The van der Waals surface area contributed by atoms with Crippen LogP contribution in [0.2, 0.25) is 0 Å². The molecule has 0 N–H and O–H groups in total. The number of hydrogen-bond acceptors (Lipinski definition) is 2. The van der Waals surface area contributed by atoms with E-state index < -0.39 is 17.3 Å². The third-order valence-electron chi connectivity index (χ3n) is 5.36. The Kier molecular flexibility index (Phi) is 5.44. The standard InChI is InChI=1S/C25H21F3N2/c26-25(27,28)23-14-7-13-22(19-23)24(20-9-3-1-4-10-20,21-11-5-2-6-12-21)30-17-8-15-29-16-18-30/h1-7,9-16,18-19H,8,17H2. The second-order valence-corrected chi connectivity index (χ2v) is 7.13. The lowest BCUT2D eigenvalue weighted by Crippen LogP contribution is -2.45. The van der Waals surface area contributed by atoms with E-state index in [0.717, 1.165) is 17.2 Å². The molecule has 1 aliphatic rings. The zero-order valence-electron chi connectivity index (χ0n) is 16.3. The molecule has 3 aromatic carbocycles. The van der Waals surface area contributed by atoms with Gasteiger partial charge in [-0.2, -0.15) is 13.2 Å². The molecule has 1 aliphatic heterocycles. The van der Waals surface area contributed by atoms with E-state index in [9.17, 15) is 13.2 Å². The van der Waals surface area contributed by atoms with Gasteiger partial charge in [-0.25, -0.2) is 0 Å². The van der Waals surface area contributed by atoms with Crippen LogP contribution in [0, 0.1) is 0 Å². The SMILES string of the molecule is FC(F)(F)c1cccc(C(c2ccccc2)(c2ccccc2)N2C=CN=CCC2)c1. The van der Waals surface area contributed by atoms with Crippen LogP contribution in [0.5, 0.6) is 0 Å². The summed E-state index contributed by atoms with van der Waals surface area (Å²) < 4.78 is 40.9. The maximum absolute atomic E-state index is 13.6. The summed E-state index contributed by atoms with van der Waals surface area (Å²) in [6, 6.07) is 25.0. The molecule has 4 rings (SSSR count). The molecule has 1 heterocycles. The number of hydrogen-bond donors (Lipinski definition) is 0. The van der Waals surface area contributed by atoms with Gasteiger partial charge in [-0.1, -0.05) is 72.8 Å². The highest BCUT2D eigenvalue weighted by molar-refractivity contribution is 5.59. The fraction of sp³-hybridized carbons (Fsp3) is 0.160. The van der Waals surface area contributed by atoms with E-state index in [0.29, 0.717) is 18.5 Å². The average Bonchev–Trinajstić information content (AvgIpc) is 3.06. The Balaban J connectivity index is 2.06. The molecule has 0 spiro atoms. The van der Waals surface area contributed by atoms with Crippen LogP contribution in [-0.2, 0) is 11.7 Å². The minimum Gasteiger partial charge on any atom is -0.358 e. The van der Waals surface area contributed by atoms with Crippen molar-refractivity contribution < 1.29 is 13.2 Å². The van der Waals surface area contributed by atoms with Crippen molar-refractivity contribution in [3.63, 3.8) is 0 Å². The predicted octanol–water partition coefficient (Wildman–Crippen LogP) is 6.25. The molecular weight excluding hydrogens is 385 g/mol. The summed E-state index contributed by atoms with van der Waals surface area (Å²) in [5, 5.41) is 0. The van der Waals surface area contributed by atoms with E-state index >= 15 is 0 Å². The van der Waals surface area contributed by atoms with Crippen molar-refractivity contribution >= 4 is 6.21 Å². The number of alkyl halides is 3. The molecule has 30 heavy (non-hydrogen) atoms. The molecule has 0 atom stereocenters. The van der Waals surface area contributed by atoms with Gasteiger partial charge in [0.1, 0.15) is 5.54 Å². The Morgan fingerprint density at radius 1 is 0.700 bits per heavy atom. The van der Waals surface area contributed by atoms with Crippen molar-refractivity contribution in [1.82, 2.24) is 4.90 Å². The summed E-state index contributed by atoms with van der Waals surface area (Å²) in [7, 11) is 0. The monoisotopic (exact) mass is 406 g/mol. The van der Waals surface area contributed by atoms with Crippen molar-refractivity contribution in [2.75, 3.05) is 6.54 Å². The highest BCUT2D eigenvalue weighted by atomic mass is 19.4. The van der Waals surface area contributed by atoms with Crippen LogP contribution in [0.3, 0.4) is 0 Å². The zero-order valence-corrected chi connectivity index (χ0v) is 16.3. The van der Waals surface area contributed by atoms with Crippen LogP contribution in [0.15, 0.2) is 102 Å². The Morgan fingerprint density at radius 2 is 1.27 bits per heavy atom. The predicted molar refractivity (Wildman–Crippen MR) is 113 cm³/mol. The van der Waals surface area contributed by atoms with Crippen molar-refractivity contribution in [2.45, 2.75) is 18.1 Å². The Morgan fingerprint density at radius 3 is 1.87 bits per heavy atom. The van der Waals surface area contributed by atoms with E-state index in [1.165, 1.54) is 12.1 Å². The largest absolute Gasteiger partial charge is 0.416 e. The first-order chi connectivity index (χ1) is 14.5. The van der Waals surface area contributed by atoms with Crippen LogP contribution in [0.1, 0.15) is 28.7 Å². The van der Waals surface area contributed by atoms with E-state index in [1.807, 2.05) is 73.1 Å². The van der Waals surface area contributed by atoms with Crippen molar-refractivity contribution in [2.24, 2.45) is 4.99 Å². The average molecular weight is 406 g/mol. The summed E-state index contributed by atoms with van der Waals surface area (Å²) in [6.07, 6.45) is 1.65. The van der Waals surface area contributed by atoms with Gasteiger partial charge < -0.3 is 4.90 Å². The lowest BCUT2D eigenvalue weighted by molar-refractivity contribution is -0.137. The van der Waals surface area contributed by atoms with Crippen LogP contribution in [0.4, 0.5) is 13.2 Å². The fourth-order valence-electron chi connectivity index (χ4n) is 4.08. The van der Waals surface area contributed by atoms with Gasteiger partial charge in [-0.15, -0.1) is 0 Å². The fourth-order valence-corrected chi connectivity index (χ4v) is 4.08. The van der Waals surface area contributed by atoms with E-state index in [1.54, 1.807) is 12.3 Å². The molecule has 0 unspecified atom stereocenters. The summed E-state index contributed by atoms with van der Waals surface area (Å²) in [5.74, 6) is 0. The molecule has 152 valence electrons. The highest BCUT2D eigenvalue weighted by Gasteiger charge is 2.42. The lowest BCUT2D eigenvalue weighted by atomic mass is 9.75. The molecule has 0 radical (unpaired) electrons. The number of benzene rings is 3. The first-order valence-electron chi connectivity index (χ1n) is 9.77. The topological polar surface area (TPSA) is 15.6 Å². The lowest BCUT2D eigenvalue weighted by Gasteiger charge is -2.45. The summed E-state index contributed by atoms with van der Waals surface area (Å²) >= 11 is 0. The molecule has 0 saturated carbocycles. The highest BCUT2D eigenvalue weighted by Crippen LogP contribution is 2.44. The molecule has 0 bridgehead atoms. The molecule has 0 aliphatic carbocycles. The van der Waals surface area contributed by atoms with Crippen LogP contribution < -0.4 is 0 Å². The van der Waals surface area contributed by atoms with Gasteiger partial charge in [0.15, 0.2) is 0 Å². The van der Waals surface area contributed by atoms with E-state index in [2.05, 4.69) is 9.89 Å². The second kappa shape index (κ2) is 8.19.